The van der Waals surface area contributed by atoms with Gasteiger partial charge in [0.2, 0.25) is 0 Å². The van der Waals surface area contributed by atoms with Gasteiger partial charge >= 0.3 is 6.03 Å². The smallest absolute Gasteiger partial charge is 0.321 e. The summed E-state index contributed by atoms with van der Waals surface area (Å²) in [5, 5.41) is 2.92. The molecular weight excluding hydrogens is 296 g/mol. The first-order valence-corrected chi connectivity index (χ1v) is 6.52. The summed E-state index contributed by atoms with van der Waals surface area (Å²) < 4.78 is 5.97. The van der Waals surface area contributed by atoms with Gasteiger partial charge in [0.25, 0.3) is 0 Å². The first kappa shape index (κ1) is 15.0. The van der Waals surface area contributed by atoms with Crippen molar-refractivity contribution >= 4 is 27.6 Å². The number of nitrogens with zero attached hydrogens (tertiary/aromatic N) is 1. The number of aryl methyl sites for hydroxylation is 2. The maximum atomic E-state index is 12.0. The number of nitrogens with one attached hydrogen (secondary N) is 1. The van der Waals surface area contributed by atoms with Crippen molar-refractivity contribution in [1.29, 1.82) is 0 Å². The SMILES string of the molecule is COCCN(C)C(=O)Nc1c(C)cc(Br)cc1C. The molecule has 2 amide bonds. The molecule has 4 nitrogen and oxygen atoms in total. The van der Waals surface area contributed by atoms with Gasteiger partial charge in [0, 0.05) is 30.9 Å². The predicted molar refractivity (Wildman–Crippen MR) is 77.1 cm³/mol. The highest BCUT2D eigenvalue weighted by atomic mass is 79.9. The number of halogens is 1. The molecule has 1 N–H and O–H groups in total. The van der Waals surface area contributed by atoms with E-state index >= 15 is 0 Å². The number of hydrogen-bond donors (Lipinski definition) is 1. The van der Waals surface area contributed by atoms with Gasteiger partial charge < -0.3 is 15.0 Å². The second-order valence-corrected chi connectivity index (χ2v) is 5.17. The van der Waals surface area contributed by atoms with Crippen LogP contribution >= 0.6 is 15.9 Å². The largest absolute Gasteiger partial charge is 0.383 e. The molecule has 0 bridgehead atoms. The van der Waals surface area contributed by atoms with E-state index in [1.54, 1.807) is 19.1 Å². The lowest BCUT2D eigenvalue weighted by Gasteiger charge is -2.19. The number of hydrogen-bond acceptors (Lipinski definition) is 2. The summed E-state index contributed by atoms with van der Waals surface area (Å²) in [6.45, 7) is 5.05. The molecular formula is C13H19BrN2O2. The molecule has 0 aromatic heterocycles. The van der Waals surface area contributed by atoms with Crippen molar-refractivity contribution < 1.29 is 9.53 Å². The maximum Gasteiger partial charge on any atom is 0.321 e. The van der Waals surface area contributed by atoms with E-state index in [4.69, 9.17) is 4.74 Å². The summed E-state index contributed by atoms with van der Waals surface area (Å²) in [6.07, 6.45) is 0. The van der Waals surface area contributed by atoms with Gasteiger partial charge in [0.05, 0.1) is 6.61 Å². The highest BCUT2D eigenvalue weighted by Gasteiger charge is 2.11. The zero-order chi connectivity index (χ0) is 13.7. The van der Waals surface area contributed by atoms with Gasteiger partial charge in [-0.05, 0) is 37.1 Å². The van der Waals surface area contributed by atoms with Crippen LogP contribution < -0.4 is 5.32 Å². The Kier molecular flexibility index (Phi) is 5.62. The lowest BCUT2D eigenvalue weighted by Crippen LogP contribution is -2.34. The molecule has 0 aliphatic carbocycles. The molecule has 1 rings (SSSR count). The molecule has 100 valence electrons. The Balaban J connectivity index is 2.76. The standard InChI is InChI=1S/C13H19BrN2O2/c1-9-7-11(14)8-10(2)12(9)15-13(17)16(3)5-6-18-4/h7-8H,5-6H2,1-4H3,(H,15,17). The van der Waals surface area contributed by atoms with Crippen molar-refractivity contribution in [3.05, 3.63) is 27.7 Å². The average molecular weight is 315 g/mol. The summed E-state index contributed by atoms with van der Waals surface area (Å²) in [7, 11) is 3.37. The van der Waals surface area contributed by atoms with Crippen molar-refractivity contribution in [2.24, 2.45) is 0 Å². The molecule has 1 aromatic rings. The first-order valence-electron chi connectivity index (χ1n) is 5.73. The summed E-state index contributed by atoms with van der Waals surface area (Å²) in [4.78, 5) is 13.6. The van der Waals surface area contributed by atoms with E-state index in [9.17, 15) is 4.79 Å². The van der Waals surface area contributed by atoms with E-state index in [2.05, 4.69) is 21.2 Å². The minimum absolute atomic E-state index is 0.124. The molecule has 0 spiro atoms. The lowest BCUT2D eigenvalue weighted by atomic mass is 10.1. The summed E-state index contributed by atoms with van der Waals surface area (Å²) in [6, 6.07) is 3.84. The van der Waals surface area contributed by atoms with Crippen LogP contribution in [0.2, 0.25) is 0 Å². The zero-order valence-corrected chi connectivity index (χ0v) is 12.8. The van der Waals surface area contributed by atoms with Gasteiger partial charge in [0.15, 0.2) is 0 Å². The van der Waals surface area contributed by atoms with Crippen molar-refractivity contribution in [3.8, 4) is 0 Å². The fraction of sp³-hybridized carbons (Fsp3) is 0.462. The number of benzene rings is 1. The van der Waals surface area contributed by atoms with Crippen molar-refractivity contribution in [1.82, 2.24) is 4.90 Å². The Bertz CT molecular complexity index is 412. The summed E-state index contributed by atoms with van der Waals surface area (Å²) >= 11 is 3.44. The number of carbonyl (C=O) groups excluding carboxylic acids is 1. The van der Waals surface area contributed by atoms with Gasteiger partial charge in [-0.1, -0.05) is 15.9 Å². The Morgan fingerprint density at radius 3 is 2.44 bits per heavy atom. The number of ether oxygens (including phenoxy) is 1. The van der Waals surface area contributed by atoms with Gasteiger partial charge in [-0.25, -0.2) is 4.79 Å². The highest BCUT2D eigenvalue weighted by molar-refractivity contribution is 9.10. The molecule has 0 heterocycles. The zero-order valence-electron chi connectivity index (χ0n) is 11.2. The average Bonchev–Trinajstić information content (AvgIpc) is 2.30. The molecule has 0 aliphatic heterocycles. The molecule has 18 heavy (non-hydrogen) atoms. The van der Waals surface area contributed by atoms with E-state index in [0.29, 0.717) is 13.2 Å². The molecule has 0 unspecified atom stereocenters. The molecule has 0 fully saturated rings. The molecule has 0 radical (unpaired) electrons. The normalized spacial score (nSPS) is 10.3. The third-order valence-electron chi connectivity index (χ3n) is 2.71. The van der Waals surface area contributed by atoms with E-state index < -0.39 is 0 Å². The van der Waals surface area contributed by atoms with Gasteiger partial charge in [0.1, 0.15) is 0 Å². The van der Waals surface area contributed by atoms with Crippen LogP contribution in [0.1, 0.15) is 11.1 Å². The number of carbonyl (C=O) groups is 1. The fourth-order valence-corrected chi connectivity index (χ4v) is 2.33. The van der Waals surface area contributed by atoms with Crippen LogP contribution in [-0.2, 0) is 4.74 Å². The second-order valence-electron chi connectivity index (χ2n) is 4.26. The fourth-order valence-electron chi connectivity index (χ4n) is 1.64. The summed E-state index contributed by atoms with van der Waals surface area (Å²) in [5.74, 6) is 0. The number of methoxy groups -OCH3 is 1. The number of likely N-dealkylation sites (N-methyl/N-ethyl adjacent to an activating group) is 1. The number of urea groups is 1. The van der Waals surface area contributed by atoms with Crippen LogP contribution in [0.15, 0.2) is 16.6 Å². The molecule has 0 atom stereocenters. The van der Waals surface area contributed by atoms with E-state index in [-0.39, 0.29) is 6.03 Å². The third-order valence-corrected chi connectivity index (χ3v) is 3.16. The Hall–Kier alpha value is -1.07. The first-order chi connectivity index (χ1) is 8.45. The van der Waals surface area contributed by atoms with Crippen molar-refractivity contribution in [3.63, 3.8) is 0 Å². The third kappa shape index (κ3) is 3.99. The van der Waals surface area contributed by atoms with E-state index in [1.807, 2.05) is 26.0 Å². The quantitative estimate of drug-likeness (QED) is 0.927. The topological polar surface area (TPSA) is 41.6 Å². The Morgan fingerprint density at radius 1 is 1.39 bits per heavy atom. The van der Waals surface area contributed by atoms with Crippen LogP contribution in [0.25, 0.3) is 0 Å². The van der Waals surface area contributed by atoms with Crippen LogP contribution in [-0.4, -0.2) is 38.2 Å². The molecule has 0 saturated heterocycles. The van der Waals surface area contributed by atoms with Crippen molar-refractivity contribution in [2.75, 3.05) is 32.6 Å². The van der Waals surface area contributed by atoms with Crippen LogP contribution in [0.4, 0.5) is 10.5 Å². The number of rotatable bonds is 4. The van der Waals surface area contributed by atoms with Gasteiger partial charge in [-0.3, -0.25) is 0 Å². The maximum absolute atomic E-state index is 12.0. The Morgan fingerprint density at radius 2 is 1.94 bits per heavy atom. The predicted octanol–water partition coefficient (Wildman–Crippen LogP) is 3.18. The van der Waals surface area contributed by atoms with Crippen molar-refractivity contribution in [2.45, 2.75) is 13.8 Å². The monoisotopic (exact) mass is 314 g/mol. The molecule has 1 aromatic carbocycles. The minimum Gasteiger partial charge on any atom is -0.383 e. The minimum atomic E-state index is -0.124. The second kappa shape index (κ2) is 6.75. The molecule has 5 heteroatoms. The van der Waals surface area contributed by atoms with Crippen LogP contribution in [0.5, 0.6) is 0 Å². The van der Waals surface area contributed by atoms with E-state index in [1.165, 1.54) is 0 Å². The number of amides is 2. The van der Waals surface area contributed by atoms with Gasteiger partial charge in [-0.15, -0.1) is 0 Å². The van der Waals surface area contributed by atoms with Crippen LogP contribution in [0, 0.1) is 13.8 Å². The summed E-state index contributed by atoms with van der Waals surface area (Å²) in [5.41, 5.74) is 2.94. The van der Waals surface area contributed by atoms with E-state index in [0.717, 1.165) is 21.3 Å². The van der Waals surface area contributed by atoms with Crippen LogP contribution in [0.3, 0.4) is 0 Å². The Labute approximate surface area is 116 Å². The number of anilines is 1. The lowest BCUT2D eigenvalue weighted by molar-refractivity contribution is 0.165. The highest BCUT2D eigenvalue weighted by Crippen LogP contribution is 2.25. The molecule has 0 saturated carbocycles. The molecule has 0 aliphatic rings. The van der Waals surface area contributed by atoms with Gasteiger partial charge in [-0.2, -0.15) is 0 Å².